The molecule has 1 aromatic carbocycles. The summed E-state index contributed by atoms with van der Waals surface area (Å²) in [5.41, 5.74) is -0.256. The Morgan fingerprint density at radius 2 is 2.21 bits per heavy atom. The molecule has 1 atom stereocenters. The molecule has 0 radical (unpaired) electrons. The first-order valence-electron chi connectivity index (χ1n) is 5.75. The lowest BCUT2D eigenvalue weighted by Crippen LogP contribution is -2.35. The lowest BCUT2D eigenvalue weighted by atomic mass is 9.89. The monoisotopic (exact) mass is 329 g/mol. The van der Waals surface area contributed by atoms with Gasteiger partial charge in [0.15, 0.2) is 6.10 Å². The molecule has 0 unspecified atom stereocenters. The third-order valence-corrected chi connectivity index (χ3v) is 3.65. The van der Waals surface area contributed by atoms with E-state index in [-0.39, 0.29) is 15.9 Å². The second kappa shape index (κ2) is 4.92. The van der Waals surface area contributed by atoms with Crippen LogP contribution in [0.5, 0.6) is 0 Å². The second-order valence-corrected chi connectivity index (χ2v) is 5.97. The SMILES string of the molecule is CC1(C)CNC(=O)[C@@H]1OC(=O)c1ccc(F)c(Br)c1. The van der Waals surface area contributed by atoms with Crippen molar-refractivity contribution in [3.05, 3.63) is 34.1 Å². The van der Waals surface area contributed by atoms with Crippen molar-refractivity contribution in [1.82, 2.24) is 5.32 Å². The van der Waals surface area contributed by atoms with Gasteiger partial charge >= 0.3 is 5.97 Å². The number of amides is 1. The molecule has 19 heavy (non-hydrogen) atoms. The maximum Gasteiger partial charge on any atom is 0.338 e. The Balaban J connectivity index is 2.17. The van der Waals surface area contributed by atoms with E-state index in [9.17, 15) is 14.0 Å². The quantitative estimate of drug-likeness (QED) is 0.847. The molecule has 0 aliphatic carbocycles. The minimum Gasteiger partial charge on any atom is -0.448 e. The van der Waals surface area contributed by atoms with Crippen molar-refractivity contribution in [1.29, 1.82) is 0 Å². The molecule has 1 aromatic rings. The second-order valence-electron chi connectivity index (χ2n) is 5.12. The molecule has 6 heteroatoms. The molecule has 1 aliphatic heterocycles. The van der Waals surface area contributed by atoms with Crippen molar-refractivity contribution in [2.24, 2.45) is 5.41 Å². The van der Waals surface area contributed by atoms with Crippen LogP contribution in [0.3, 0.4) is 0 Å². The average molecular weight is 330 g/mol. The van der Waals surface area contributed by atoms with E-state index >= 15 is 0 Å². The van der Waals surface area contributed by atoms with Crippen LogP contribution in [0.25, 0.3) is 0 Å². The minimum absolute atomic E-state index is 0.178. The molecule has 0 spiro atoms. The average Bonchev–Trinajstić information content (AvgIpc) is 2.59. The van der Waals surface area contributed by atoms with Crippen molar-refractivity contribution in [3.63, 3.8) is 0 Å². The highest BCUT2D eigenvalue weighted by atomic mass is 79.9. The normalized spacial score (nSPS) is 21.1. The molecule has 1 fully saturated rings. The minimum atomic E-state index is -0.830. The van der Waals surface area contributed by atoms with Gasteiger partial charge in [-0.1, -0.05) is 13.8 Å². The molecule has 2 rings (SSSR count). The number of carbonyl (C=O) groups is 2. The zero-order chi connectivity index (χ0) is 14.2. The zero-order valence-corrected chi connectivity index (χ0v) is 12.1. The summed E-state index contributed by atoms with van der Waals surface area (Å²) in [6, 6.07) is 3.82. The van der Waals surface area contributed by atoms with Crippen molar-refractivity contribution >= 4 is 27.8 Å². The van der Waals surface area contributed by atoms with Gasteiger partial charge in [-0.05, 0) is 34.1 Å². The van der Waals surface area contributed by atoms with Gasteiger partial charge in [0, 0.05) is 12.0 Å². The van der Waals surface area contributed by atoms with Gasteiger partial charge in [-0.3, -0.25) is 4.79 Å². The van der Waals surface area contributed by atoms with Crippen molar-refractivity contribution in [3.8, 4) is 0 Å². The van der Waals surface area contributed by atoms with Gasteiger partial charge < -0.3 is 10.1 Å². The van der Waals surface area contributed by atoms with Gasteiger partial charge in [-0.15, -0.1) is 0 Å². The number of hydrogen-bond donors (Lipinski definition) is 1. The van der Waals surface area contributed by atoms with E-state index < -0.39 is 23.3 Å². The molecule has 0 saturated carbocycles. The van der Waals surface area contributed by atoms with Gasteiger partial charge in [0.25, 0.3) is 5.91 Å². The maximum atomic E-state index is 13.1. The molecule has 1 saturated heterocycles. The molecule has 1 N–H and O–H groups in total. The number of benzene rings is 1. The predicted octanol–water partition coefficient (Wildman–Crippen LogP) is 2.27. The van der Waals surface area contributed by atoms with Gasteiger partial charge in [-0.2, -0.15) is 0 Å². The number of carbonyl (C=O) groups excluding carboxylic acids is 2. The van der Waals surface area contributed by atoms with Gasteiger partial charge in [0.1, 0.15) is 5.82 Å². The van der Waals surface area contributed by atoms with Crippen LogP contribution in [0.1, 0.15) is 24.2 Å². The Bertz CT molecular complexity index is 545. The molecule has 1 aliphatic rings. The Morgan fingerprint density at radius 3 is 2.74 bits per heavy atom. The van der Waals surface area contributed by atoms with E-state index in [0.717, 1.165) is 0 Å². The number of esters is 1. The Morgan fingerprint density at radius 1 is 1.53 bits per heavy atom. The number of rotatable bonds is 2. The zero-order valence-electron chi connectivity index (χ0n) is 10.5. The largest absolute Gasteiger partial charge is 0.448 e. The van der Waals surface area contributed by atoms with E-state index in [1.54, 1.807) is 0 Å². The molecule has 0 bridgehead atoms. The van der Waals surface area contributed by atoms with E-state index in [0.29, 0.717) is 6.54 Å². The first kappa shape index (κ1) is 14.0. The molecular formula is C13H13BrFNO3. The van der Waals surface area contributed by atoms with E-state index in [1.165, 1.54) is 18.2 Å². The van der Waals surface area contributed by atoms with Crippen LogP contribution in [0, 0.1) is 11.2 Å². The summed E-state index contributed by atoms with van der Waals surface area (Å²) in [5.74, 6) is -1.41. The van der Waals surface area contributed by atoms with Crippen LogP contribution in [0.2, 0.25) is 0 Å². The highest BCUT2D eigenvalue weighted by Crippen LogP contribution is 2.28. The summed E-state index contributed by atoms with van der Waals surface area (Å²) in [6.07, 6.45) is -0.830. The Labute approximate surface area is 118 Å². The van der Waals surface area contributed by atoms with Crippen molar-refractivity contribution in [2.45, 2.75) is 20.0 Å². The summed E-state index contributed by atoms with van der Waals surface area (Å²) in [5, 5.41) is 2.65. The summed E-state index contributed by atoms with van der Waals surface area (Å²) < 4.78 is 18.5. The summed E-state index contributed by atoms with van der Waals surface area (Å²) in [6.45, 7) is 4.13. The van der Waals surface area contributed by atoms with Crippen LogP contribution >= 0.6 is 15.9 Å². The third kappa shape index (κ3) is 2.78. The first-order valence-corrected chi connectivity index (χ1v) is 6.54. The van der Waals surface area contributed by atoms with E-state index in [2.05, 4.69) is 21.2 Å². The number of ether oxygens (including phenoxy) is 1. The fourth-order valence-corrected chi connectivity index (χ4v) is 2.25. The van der Waals surface area contributed by atoms with Crippen LogP contribution < -0.4 is 5.32 Å². The fourth-order valence-electron chi connectivity index (χ4n) is 1.87. The van der Waals surface area contributed by atoms with Gasteiger partial charge in [0.2, 0.25) is 0 Å². The highest BCUT2D eigenvalue weighted by molar-refractivity contribution is 9.10. The van der Waals surface area contributed by atoms with E-state index in [1.807, 2.05) is 13.8 Å². The lowest BCUT2D eigenvalue weighted by molar-refractivity contribution is -0.129. The third-order valence-electron chi connectivity index (χ3n) is 3.05. The summed E-state index contributed by atoms with van der Waals surface area (Å²) in [4.78, 5) is 23.6. The van der Waals surface area contributed by atoms with Crippen molar-refractivity contribution in [2.75, 3.05) is 6.54 Å². The smallest absolute Gasteiger partial charge is 0.338 e. The van der Waals surface area contributed by atoms with Crippen LogP contribution in [-0.2, 0) is 9.53 Å². The van der Waals surface area contributed by atoms with Crippen LogP contribution in [0.15, 0.2) is 22.7 Å². The van der Waals surface area contributed by atoms with Crippen molar-refractivity contribution < 1.29 is 18.7 Å². The summed E-state index contributed by atoms with van der Waals surface area (Å²) >= 11 is 3.00. The molecule has 0 aromatic heterocycles. The standard InChI is InChI=1S/C13H13BrFNO3/c1-13(2)6-16-11(17)10(13)19-12(18)7-3-4-9(15)8(14)5-7/h3-5,10H,6H2,1-2H3,(H,16,17)/t10-/m0/s1. The maximum absolute atomic E-state index is 13.1. The van der Waals surface area contributed by atoms with Gasteiger partial charge in [-0.25, -0.2) is 9.18 Å². The van der Waals surface area contributed by atoms with Crippen LogP contribution in [-0.4, -0.2) is 24.5 Å². The highest BCUT2D eigenvalue weighted by Gasteiger charge is 2.44. The first-order chi connectivity index (χ1) is 8.81. The molecule has 1 heterocycles. The topological polar surface area (TPSA) is 55.4 Å². The number of halogens is 2. The molecule has 1 amide bonds. The number of hydrogen-bond acceptors (Lipinski definition) is 3. The predicted molar refractivity (Wildman–Crippen MR) is 70.1 cm³/mol. The van der Waals surface area contributed by atoms with E-state index in [4.69, 9.17) is 4.74 Å². The molecular weight excluding hydrogens is 317 g/mol. The molecule has 4 nitrogen and oxygen atoms in total. The van der Waals surface area contributed by atoms with Crippen LogP contribution in [0.4, 0.5) is 4.39 Å². The molecule has 102 valence electrons. The Hall–Kier alpha value is -1.43. The lowest BCUT2D eigenvalue weighted by Gasteiger charge is -2.23. The van der Waals surface area contributed by atoms with Gasteiger partial charge in [0.05, 0.1) is 10.0 Å². The Kier molecular flexibility index (Phi) is 3.62. The summed E-state index contributed by atoms with van der Waals surface area (Å²) in [7, 11) is 0. The fraction of sp³-hybridized carbons (Fsp3) is 0.385. The number of nitrogens with one attached hydrogen (secondary N) is 1.